The summed E-state index contributed by atoms with van der Waals surface area (Å²) in [4.78, 5) is 2.55. The number of benzene rings is 2. The predicted octanol–water partition coefficient (Wildman–Crippen LogP) is 8.56. The summed E-state index contributed by atoms with van der Waals surface area (Å²) in [5.41, 5.74) is 9.64. The Bertz CT molecular complexity index is 1530. The van der Waals surface area contributed by atoms with Crippen LogP contribution < -0.4 is 5.32 Å². The summed E-state index contributed by atoms with van der Waals surface area (Å²) in [6.07, 6.45) is 23.9. The summed E-state index contributed by atoms with van der Waals surface area (Å²) < 4.78 is 0. The van der Waals surface area contributed by atoms with E-state index in [9.17, 15) is 5.11 Å². The number of hydrogen-bond acceptors (Lipinski definition) is 3. The number of nitrogens with one attached hydrogen (secondary N) is 1. The molecule has 2 aliphatic carbocycles. The van der Waals surface area contributed by atoms with Crippen molar-refractivity contribution in [3.63, 3.8) is 0 Å². The zero-order valence-corrected chi connectivity index (χ0v) is 32.7. The molecular weight excluding hydrogens is 708 g/mol. The van der Waals surface area contributed by atoms with Crippen LogP contribution >= 0.6 is 6.89 Å². The van der Waals surface area contributed by atoms with Gasteiger partial charge in [0, 0.05) is 77.4 Å². The first-order chi connectivity index (χ1) is 21.2. The zero-order valence-electron chi connectivity index (χ0n) is 28.7. The molecule has 4 aliphatic rings. The van der Waals surface area contributed by atoms with Gasteiger partial charge in [0.1, 0.15) is 0 Å². The van der Waals surface area contributed by atoms with Gasteiger partial charge in [0.15, 0.2) is 0 Å². The molecule has 0 radical (unpaired) electrons. The third kappa shape index (κ3) is 10.1. The van der Waals surface area contributed by atoms with Gasteiger partial charge in [-0.1, -0.05) is 70.7 Å². The monoisotopic (exact) mass is 761 g/mol. The van der Waals surface area contributed by atoms with Gasteiger partial charge in [-0.25, -0.2) is 0 Å². The van der Waals surface area contributed by atoms with Crippen molar-refractivity contribution in [2.75, 3.05) is 25.9 Å². The fraction of sp³-hybridized carbons (Fsp3) is 0.463. The molecule has 0 spiro atoms. The van der Waals surface area contributed by atoms with Crippen molar-refractivity contribution in [1.82, 2.24) is 10.2 Å². The maximum absolute atomic E-state index is 10.0. The molecule has 3 nitrogen and oxygen atoms in total. The summed E-state index contributed by atoms with van der Waals surface area (Å²) in [7, 11) is 0. The summed E-state index contributed by atoms with van der Waals surface area (Å²) in [6, 6.07) is 12.9. The van der Waals surface area contributed by atoms with Gasteiger partial charge >= 0.3 is 0 Å². The summed E-state index contributed by atoms with van der Waals surface area (Å²) in [5.74, 6) is 6.63. The third-order valence-electron chi connectivity index (χ3n) is 9.68. The van der Waals surface area contributed by atoms with Crippen molar-refractivity contribution in [3.05, 3.63) is 101 Å². The van der Waals surface area contributed by atoms with Crippen molar-refractivity contribution >= 4 is 13.2 Å². The summed E-state index contributed by atoms with van der Waals surface area (Å²) in [5, 5.41) is 13.2. The van der Waals surface area contributed by atoms with Crippen LogP contribution in [0.25, 0.3) is 0 Å². The van der Waals surface area contributed by atoms with E-state index in [-0.39, 0.29) is 53.3 Å². The molecule has 2 aromatic carbocycles. The number of allylic oxidation sites excluding steroid dienone is 2. The Balaban J connectivity index is 0.000000222. The Morgan fingerprint density at radius 1 is 1.04 bits per heavy atom. The molecule has 46 heavy (non-hydrogen) atoms. The molecule has 5 atom stereocenters. The third-order valence-corrected chi connectivity index (χ3v) is 11.0. The number of nitrogens with zero attached hydrogens (tertiary/aromatic N) is 1. The molecule has 0 aromatic heterocycles. The topological polar surface area (TPSA) is 35.5 Å². The number of likely N-dealkylation sites (tertiary alicyclic amines) is 1. The van der Waals surface area contributed by atoms with Crippen LogP contribution in [0.5, 0.6) is 0 Å². The second-order valence-electron chi connectivity index (χ2n) is 14.8. The van der Waals surface area contributed by atoms with Gasteiger partial charge in [-0.2, -0.15) is 0 Å². The van der Waals surface area contributed by atoms with Gasteiger partial charge in [0.05, 0.1) is 12.1 Å². The zero-order chi connectivity index (χ0) is 32.9. The molecular formula is C41H54CeN2OP-. The quantitative estimate of drug-likeness (QED) is 0.187. The molecule has 0 amide bonds. The Morgan fingerprint density at radius 2 is 1.67 bits per heavy atom. The number of aliphatic hydroxyl groups is 1. The van der Waals surface area contributed by atoms with E-state index >= 15 is 0 Å². The SMILES string of the molecule is C#Cc1ccc2c(c1)C(N1CCCC1=C)C(CP(=C)([CH2-])C)C(C)C2.C#Cc1ccc2c(c1)C(O)CC(C)(C)C2.C=C1CCCN1.[Ce]. The molecule has 2 N–H and O–H groups in total. The van der Waals surface area contributed by atoms with E-state index in [1.165, 1.54) is 47.3 Å². The number of terminal acetylenes is 2. The van der Waals surface area contributed by atoms with Crippen molar-refractivity contribution in [1.29, 1.82) is 0 Å². The molecule has 5 unspecified atom stereocenters. The van der Waals surface area contributed by atoms with Gasteiger partial charge in [-0.3, -0.25) is 6.89 Å². The predicted molar refractivity (Wildman–Crippen MR) is 197 cm³/mol. The summed E-state index contributed by atoms with van der Waals surface area (Å²) in [6.45, 7) is 22.4. The Morgan fingerprint density at radius 3 is 2.17 bits per heavy atom. The number of rotatable bonds is 3. The van der Waals surface area contributed by atoms with E-state index in [1.807, 2.05) is 12.1 Å². The first-order valence-electron chi connectivity index (χ1n) is 16.5. The fourth-order valence-corrected chi connectivity index (χ4v) is 9.07. The molecule has 2 aliphatic heterocycles. The van der Waals surface area contributed by atoms with Crippen LogP contribution in [0, 0.1) is 90.4 Å². The molecule has 0 bridgehead atoms. The second-order valence-corrected chi connectivity index (χ2v) is 18.4. The van der Waals surface area contributed by atoms with E-state index in [4.69, 9.17) is 12.8 Å². The Labute approximate surface area is 314 Å². The average Bonchev–Trinajstić information content (AvgIpc) is 3.63. The number of aliphatic hydroxyl groups excluding tert-OH is 1. The van der Waals surface area contributed by atoms with E-state index in [1.54, 1.807) is 0 Å². The minimum Gasteiger partial charge on any atom is -0.389 e. The molecule has 2 fully saturated rings. The maximum atomic E-state index is 10.0. The van der Waals surface area contributed by atoms with Gasteiger partial charge < -0.3 is 22.0 Å². The van der Waals surface area contributed by atoms with Crippen LogP contribution in [0.3, 0.4) is 0 Å². The molecule has 5 heteroatoms. The standard InChI is InChI=1S/C22H29NP.C14H16O.C5H9N.Ce/c1-7-18-10-11-19-13-16(2)21(15-24(4,5)6)22(20(19)14-18)23-12-8-9-17(23)3;1-4-10-5-6-11-8-14(2,3)9-13(15)12(11)7-10;1-5-3-2-4-6-5;/h1,10-11,14,16,21-22H,3-5,8-9,12-13,15H2,2,6H3;1,5-7,13,15H,8-9H2,2-3H3;6H,1-4H2;/q-1;;;. The van der Waals surface area contributed by atoms with Gasteiger partial charge in [0.25, 0.3) is 0 Å². The first kappa shape index (κ1) is 38.7. The van der Waals surface area contributed by atoms with Gasteiger partial charge in [-0.15, -0.1) is 19.1 Å². The molecule has 0 saturated carbocycles. The molecule has 2 heterocycles. The van der Waals surface area contributed by atoms with Crippen LogP contribution in [0.1, 0.15) is 98.4 Å². The van der Waals surface area contributed by atoms with Crippen molar-refractivity contribution in [2.45, 2.75) is 77.9 Å². The largest absolute Gasteiger partial charge is 0.389 e. The molecule has 244 valence electrons. The van der Waals surface area contributed by atoms with E-state index in [2.05, 4.69) is 99.9 Å². The van der Waals surface area contributed by atoms with Crippen LogP contribution in [0.2, 0.25) is 0 Å². The van der Waals surface area contributed by atoms with Crippen LogP contribution in [-0.4, -0.2) is 42.2 Å². The summed E-state index contributed by atoms with van der Waals surface area (Å²) >= 11 is 0. The van der Waals surface area contributed by atoms with Crippen molar-refractivity contribution in [3.8, 4) is 24.7 Å². The van der Waals surface area contributed by atoms with Crippen molar-refractivity contribution < 1.29 is 46.9 Å². The normalized spacial score (nSPS) is 25.3. The van der Waals surface area contributed by atoms with Crippen molar-refractivity contribution in [2.24, 2.45) is 17.3 Å². The van der Waals surface area contributed by atoms with Crippen LogP contribution in [0.4, 0.5) is 0 Å². The van der Waals surface area contributed by atoms with E-state index < -0.39 is 6.89 Å². The smallest absolute Gasteiger partial charge is 0.0798 e. The van der Waals surface area contributed by atoms with Crippen LogP contribution in [0.15, 0.2) is 61.0 Å². The molecule has 2 saturated heterocycles. The van der Waals surface area contributed by atoms with Gasteiger partial charge in [-0.05, 0) is 109 Å². The maximum Gasteiger partial charge on any atom is 0.0798 e. The Hall–Kier alpha value is -1.72. The van der Waals surface area contributed by atoms with E-state index in [0.29, 0.717) is 17.9 Å². The minimum absolute atomic E-state index is 0. The Kier molecular flexibility index (Phi) is 14.0. The minimum atomic E-state index is -1.35. The number of hydrogen-bond donors (Lipinski definition) is 2. The average molecular weight is 762 g/mol. The first-order valence-corrected chi connectivity index (χ1v) is 19.3. The molecule has 6 rings (SSSR count). The van der Waals surface area contributed by atoms with Gasteiger partial charge in [0.2, 0.25) is 0 Å². The fourth-order valence-electron chi connectivity index (χ4n) is 7.50. The number of fused-ring (bicyclic) bond motifs is 2. The van der Waals surface area contributed by atoms with E-state index in [0.717, 1.165) is 61.6 Å². The second kappa shape index (κ2) is 16.6. The molecule has 2 aromatic rings. The van der Waals surface area contributed by atoms with Crippen LogP contribution in [-0.2, 0) is 12.8 Å².